The lowest BCUT2D eigenvalue weighted by Gasteiger charge is -2.38. The van der Waals surface area contributed by atoms with Crippen LogP contribution in [-0.4, -0.2) is 140 Å². The zero-order valence-electron chi connectivity index (χ0n) is 55.8. The summed E-state index contributed by atoms with van der Waals surface area (Å²) in [4.78, 5) is 24.9. The number of sulfone groups is 2. The largest absolute Gasteiger partial charge is 0.465 e. The molecular formula is C69H112O15S2Si. The van der Waals surface area contributed by atoms with Crippen LogP contribution in [0.25, 0.3) is 0 Å². The molecule has 0 aromatic heterocycles. The number of aliphatic hydroxyl groups excluding tert-OH is 2. The van der Waals surface area contributed by atoms with Crippen molar-refractivity contribution in [2.75, 3.05) is 37.9 Å². The van der Waals surface area contributed by atoms with E-state index in [4.69, 9.17) is 32.8 Å². The number of hydrogen-bond acceptors (Lipinski definition) is 15. The summed E-state index contributed by atoms with van der Waals surface area (Å²) in [6.07, 6.45) is 4.09. The number of carbonyl (C=O) groups excluding carboxylic acids is 2. The second kappa shape index (κ2) is 31.8. The van der Waals surface area contributed by atoms with Gasteiger partial charge in [0.1, 0.15) is 0 Å². The van der Waals surface area contributed by atoms with Gasteiger partial charge in [-0.3, -0.25) is 9.59 Å². The summed E-state index contributed by atoms with van der Waals surface area (Å²) < 4.78 is 97.9. The summed E-state index contributed by atoms with van der Waals surface area (Å²) >= 11 is 0. The van der Waals surface area contributed by atoms with E-state index in [1.54, 1.807) is 54.6 Å². The van der Waals surface area contributed by atoms with Gasteiger partial charge in [0.25, 0.3) is 0 Å². The van der Waals surface area contributed by atoms with Crippen LogP contribution in [0.5, 0.6) is 0 Å². The van der Waals surface area contributed by atoms with Gasteiger partial charge in [0.05, 0.1) is 107 Å². The average Bonchev–Trinajstić information content (AvgIpc) is 1.83. The van der Waals surface area contributed by atoms with E-state index in [1.807, 2.05) is 54.5 Å². The molecular weight excluding hydrogens is 1160 g/mol. The van der Waals surface area contributed by atoms with E-state index < -0.39 is 51.0 Å². The number of ether oxygens (including phenoxy) is 6. The van der Waals surface area contributed by atoms with Crippen LogP contribution in [0.4, 0.5) is 0 Å². The third-order valence-electron chi connectivity index (χ3n) is 19.1. The molecule has 87 heavy (non-hydrogen) atoms. The topological polar surface area (TPSA) is 207 Å². The molecule has 15 nitrogen and oxygen atoms in total. The van der Waals surface area contributed by atoms with Crippen molar-refractivity contribution in [3.63, 3.8) is 0 Å². The number of hydrogen-bond donors (Lipinski definition) is 2. The molecule has 0 spiro atoms. The fraction of sp³-hybridized carbons (Fsp3) is 0.739. The SMILES string of the molecule is C=C1C(C[C@@H]2O[C@H](C[C@H](C)CO[Si](C)(C)C(C)(C)C)[C@H](C)[C@H]2CS(=O)(=O)c2ccccc2)O[C@@H](CCCOC(=O)C(C)(C)C)C[C@H]1C.C=C1C(C[C@@H]2O[C@H](C[C@H](O)CO)[C@H](C)[C@H]2CS(=O)(=O)c2ccccc2)O[C@@H](CCCOC(=O)C(C)(C)C)C[C@H]1C. The Hall–Kier alpha value is -3.30. The summed E-state index contributed by atoms with van der Waals surface area (Å²) in [5.41, 5.74) is 0.956. The predicted octanol–water partition coefficient (Wildman–Crippen LogP) is 13.0. The Morgan fingerprint density at radius 3 is 1.36 bits per heavy atom. The minimum absolute atomic E-state index is 0.0162. The molecule has 4 fully saturated rings. The summed E-state index contributed by atoms with van der Waals surface area (Å²) in [7, 11) is -8.98. The van der Waals surface area contributed by atoms with Crippen LogP contribution in [0.1, 0.15) is 161 Å². The van der Waals surface area contributed by atoms with Crippen LogP contribution in [0.3, 0.4) is 0 Å². The molecule has 4 heterocycles. The van der Waals surface area contributed by atoms with Gasteiger partial charge >= 0.3 is 11.9 Å². The Labute approximate surface area is 525 Å². The molecule has 2 aromatic carbocycles. The van der Waals surface area contributed by atoms with E-state index in [9.17, 15) is 36.6 Å². The first-order valence-electron chi connectivity index (χ1n) is 32.2. The van der Waals surface area contributed by atoms with Crippen molar-refractivity contribution in [3.8, 4) is 0 Å². The zero-order valence-corrected chi connectivity index (χ0v) is 58.4. The first-order valence-corrected chi connectivity index (χ1v) is 38.4. The highest BCUT2D eigenvalue weighted by Crippen LogP contribution is 2.45. The molecule has 18 heteroatoms. The highest BCUT2D eigenvalue weighted by atomic mass is 32.2. The van der Waals surface area contributed by atoms with Gasteiger partial charge < -0.3 is 43.1 Å². The molecule has 2 N–H and O–H groups in total. The zero-order chi connectivity index (χ0) is 65.0. The lowest BCUT2D eigenvalue weighted by atomic mass is 9.82. The maximum Gasteiger partial charge on any atom is 0.311 e. The Balaban J connectivity index is 0.000000321. The summed E-state index contributed by atoms with van der Waals surface area (Å²) in [6, 6.07) is 17.2. The quantitative estimate of drug-likeness (QED) is 0.0389. The standard InChI is InChI=1S/C38H64O7SSi.C31H48O8S/c1-26(24-43-47(11,12)38(8,9)10)21-33-29(4)32(25-46(40,41)31-18-14-13-15-19-31)35(45-33)23-34-28(3)27(2)22-30(44-34)17-16-20-42-36(39)37(5,6)7;1-20-15-24(11-10-14-37-30(34)31(4,5)6)38-28(21(20)2)17-29-26(22(3)27(39-29)16-23(33)18-32)19-40(35,36)25-12-8-7-9-13-25/h13-15,18-19,26-27,29-30,32-35H,3,16-17,20-25H2,1-2,4-12H3;7-9,12-13,20,22-24,26-29,32-33H,2,10-11,14-19H2,1,3-6H3/t26-,27+,29+,30-,32+,33+,34?,35-;20-,22-,23+,24+,26-,27-,28?,29+/m01/s1. The molecule has 4 saturated heterocycles. The first-order chi connectivity index (χ1) is 40.3. The van der Waals surface area contributed by atoms with Gasteiger partial charge in [0, 0.05) is 37.7 Å². The second-order valence-corrected chi connectivity index (χ2v) is 38.5. The molecule has 0 bridgehead atoms. The van der Waals surface area contributed by atoms with Crippen LogP contribution in [0.15, 0.2) is 94.8 Å². The molecule has 4 aliphatic heterocycles. The molecule has 2 unspecified atom stereocenters. The fourth-order valence-electron chi connectivity index (χ4n) is 12.0. The third-order valence-corrected chi connectivity index (χ3v) is 27.2. The molecule has 0 saturated carbocycles. The van der Waals surface area contributed by atoms with Gasteiger partial charge in [0.2, 0.25) is 0 Å². The average molecular weight is 1270 g/mol. The number of aliphatic hydroxyl groups is 2. The molecule has 6 rings (SSSR count). The van der Waals surface area contributed by atoms with E-state index >= 15 is 0 Å². The number of esters is 2. The van der Waals surface area contributed by atoms with E-state index in [1.165, 1.54) is 0 Å². The maximum atomic E-state index is 13.7. The molecule has 16 atom stereocenters. The number of carbonyl (C=O) groups is 2. The molecule has 0 radical (unpaired) electrons. The Morgan fingerprint density at radius 2 is 1.00 bits per heavy atom. The van der Waals surface area contributed by atoms with E-state index in [0.29, 0.717) is 44.0 Å². The Bertz CT molecular complexity index is 2730. The van der Waals surface area contributed by atoms with E-state index in [-0.39, 0.29) is 131 Å². The maximum absolute atomic E-state index is 13.7. The van der Waals surface area contributed by atoms with Gasteiger partial charge in [-0.1, -0.05) is 105 Å². The van der Waals surface area contributed by atoms with Gasteiger partial charge in [-0.15, -0.1) is 0 Å². The van der Waals surface area contributed by atoms with Gasteiger partial charge in [0.15, 0.2) is 28.0 Å². The van der Waals surface area contributed by atoms with Crippen molar-refractivity contribution in [3.05, 3.63) is 85.0 Å². The van der Waals surface area contributed by atoms with Gasteiger partial charge in [-0.25, -0.2) is 16.8 Å². The number of benzene rings is 2. The lowest BCUT2D eigenvalue weighted by Crippen LogP contribution is -2.42. The summed E-state index contributed by atoms with van der Waals surface area (Å²) in [5.74, 6) is -0.279. The van der Waals surface area contributed by atoms with Crippen molar-refractivity contribution < 1.29 is 69.5 Å². The first kappa shape index (κ1) is 74.4. The second-order valence-electron chi connectivity index (χ2n) is 29.6. The van der Waals surface area contributed by atoms with Crippen molar-refractivity contribution in [2.45, 2.75) is 244 Å². The summed E-state index contributed by atoms with van der Waals surface area (Å²) in [6.45, 7) is 42.7. The Morgan fingerprint density at radius 1 is 0.621 bits per heavy atom. The third kappa shape index (κ3) is 21.7. The molecule has 0 amide bonds. The number of rotatable bonds is 26. The highest BCUT2D eigenvalue weighted by molar-refractivity contribution is 7.91. The van der Waals surface area contributed by atoms with Crippen LogP contribution >= 0.6 is 0 Å². The Kier molecular flexibility index (Phi) is 27.2. The van der Waals surface area contributed by atoms with Crippen LogP contribution < -0.4 is 0 Å². The van der Waals surface area contributed by atoms with Crippen LogP contribution in [-0.2, 0) is 62.1 Å². The fourth-order valence-corrected chi connectivity index (χ4v) is 16.8. The lowest BCUT2D eigenvalue weighted by molar-refractivity contribution is -0.154. The van der Waals surface area contributed by atoms with Gasteiger partial charge in [-0.05, 0) is 170 Å². The van der Waals surface area contributed by atoms with Crippen LogP contribution in [0.2, 0.25) is 18.1 Å². The molecule has 0 aliphatic carbocycles. The van der Waals surface area contributed by atoms with Gasteiger partial charge in [-0.2, -0.15) is 0 Å². The summed E-state index contributed by atoms with van der Waals surface area (Å²) in [5, 5.41) is 19.7. The monoisotopic (exact) mass is 1270 g/mol. The minimum Gasteiger partial charge on any atom is -0.465 e. The van der Waals surface area contributed by atoms with E-state index in [0.717, 1.165) is 49.7 Å². The molecule has 2 aromatic rings. The van der Waals surface area contributed by atoms with Crippen molar-refractivity contribution in [1.82, 2.24) is 0 Å². The smallest absolute Gasteiger partial charge is 0.311 e. The van der Waals surface area contributed by atoms with Crippen molar-refractivity contribution in [1.29, 1.82) is 0 Å². The van der Waals surface area contributed by atoms with Crippen molar-refractivity contribution >= 4 is 39.9 Å². The predicted molar refractivity (Wildman–Crippen MR) is 346 cm³/mol. The van der Waals surface area contributed by atoms with Crippen molar-refractivity contribution in [2.24, 2.45) is 52.3 Å². The normalized spacial score (nSPS) is 29.2. The highest BCUT2D eigenvalue weighted by Gasteiger charge is 2.49. The minimum atomic E-state index is -3.57. The van der Waals surface area contributed by atoms with Crippen LogP contribution in [0, 0.1) is 52.3 Å². The molecule has 494 valence electrons. The van der Waals surface area contributed by atoms with E-state index in [2.05, 4.69) is 74.7 Å². The molecule has 4 aliphatic rings.